The molecule has 2 aliphatic heterocycles. The van der Waals surface area contributed by atoms with E-state index in [1.807, 2.05) is 11.9 Å². The van der Waals surface area contributed by atoms with Gasteiger partial charge in [0.1, 0.15) is 0 Å². The molecule has 1 amide bonds. The van der Waals surface area contributed by atoms with Crippen LogP contribution in [0.25, 0.3) is 0 Å². The Kier molecular flexibility index (Phi) is 3.41. The van der Waals surface area contributed by atoms with Crippen LogP contribution >= 0.6 is 12.2 Å². The molecule has 0 spiro atoms. The van der Waals surface area contributed by atoms with Gasteiger partial charge in [0.2, 0.25) is 5.91 Å². The number of amides is 1. The normalized spacial score (nSPS) is 29.6. The molecule has 1 unspecified atom stereocenters. The van der Waals surface area contributed by atoms with Crippen LogP contribution in [0.3, 0.4) is 0 Å². The first-order valence-electron chi connectivity index (χ1n) is 6.23. The molecule has 2 rings (SSSR count). The van der Waals surface area contributed by atoms with E-state index in [9.17, 15) is 4.79 Å². The maximum Gasteiger partial charge on any atom is 0.239 e. The number of carbonyl (C=O) groups excluding carboxylic acids is 1. The van der Waals surface area contributed by atoms with Crippen molar-refractivity contribution in [3.05, 3.63) is 0 Å². The van der Waals surface area contributed by atoms with Crippen molar-refractivity contribution in [1.82, 2.24) is 9.80 Å². The van der Waals surface area contributed by atoms with Gasteiger partial charge < -0.3 is 10.6 Å². The highest BCUT2D eigenvalue weighted by atomic mass is 32.1. The second-order valence-corrected chi connectivity index (χ2v) is 5.96. The van der Waals surface area contributed by atoms with E-state index in [1.54, 1.807) is 0 Å². The van der Waals surface area contributed by atoms with Gasteiger partial charge in [-0.3, -0.25) is 9.69 Å². The van der Waals surface area contributed by atoms with Gasteiger partial charge >= 0.3 is 0 Å². The minimum absolute atomic E-state index is 0.0145. The lowest BCUT2D eigenvalue weighted by atomic mass is 9.80. The van der Waals surface area contributed by atoms with Crippen molar-refractivity contribution >= 4 is 23.1 Å². The van der Waals surface area contributed by atoms with Crippen LogP contribution in [0.1, 0.15) is 26.2 Å². The Bertz CT molecular complexity index is 337. The zero-order valence-electron chi connectivity index (χ0n) is 10.6. The van der Waals surface area contributed by atoms with E-state index >= 15 is 0 Å². The zero-order valence-corrected chi connectivity index (χ0v) is 11.4. The monoisotopic (exact) mass is 255 g/mol. The van der Waals surface area contributed by atoms with Crippen LogP contribution in [0.2, 0.25) is 0 Å². The molecule has 2 heterocycles. The smallest absolute Gasteiger partial charge is 0.239 e. The molecular formula is C12H21N3OS. The van der Waals surface area contributed by atoms with Gasteiger partial charge in [-0.2, -0.15) is 0 Å². The van der Waals surface area contributed by atoms with Crippen molar-refractivity contribution < 1.29 is 4.79 Å². The summed E-state index contributed by atoms with van der Waals surface area (Å²) in [5.41, 5.74) is 5.77. The molecule has 0 aromatic carbocycles. The summed E-state index contributed by atoms with van der Waals surface area (Å²) >= 11 is 5.13. The molecule has 0 aromatic heterocycles. The highest BCUT2D eigenvalue weighted by molar-refractivity contribution is 7.80. The summed E-state index contributed by atoms with van der Waals surface area (Å²) in [7, 11) is 1.88. The van der Waals surface area contributed by atoms with E-state index in [0.29, 0.717) is 4.99 Å². The third kappa shape index (κ3) is 2.31. The average Bonchev–Trinajstić information content (AvgIpc) is 2.61. The lowest BCUT2D eigenvalue weighted by Crippen LogP contribution is -2.50. The number of nitrogens with zero attached hydrogens (tertiary/aromatic N) is 2. The number of carbonyl (C=O) groups is 1. The number of hydrogen-bond donors (Lipinski definition) is 1. The maximum atomic E-state index is 11.9. The second-order valence-electron chi connectivity index (χ2n) is 5.53. The molecule has 2 aliphatic rings. The molecule has 5 heteroatoms. The standard InChI is InChI=1S/C12H21N3OS/c1-12(11(13)17)4-7-15(8-5-12)9-3-6-14(2)10(9)16/h9H,3-8H2,1-2H3,(H2,13,17). The zero-order chi connectivity index (χ0) is 12.6. The van der Waals surface area contributed by atoms with Crippen LogP contribution in [-0.2, 0) is 4.79 Å². The predicted molar refractivity (Wildman–Crippen MR) is 71.7 cm³/mol. The summed E-state index contributed by atoms with van der Waals surface area (Å²) in [6.45, 7) is 4.87. The van der Waals surface area contributed by atoms with E-state index in [0.717, 1.165) is 38.9 Å². The Balaban J connectivity index is 1.96. The number of thiocarbonyl (C=S) groups is 1. The molecule has 0 bridgehead atoms. The third-order valence-electron chi connectivity index (χ3n) is 4.34. The SMILES string of the molecule is CN1CCC(N2CCC(C)(C(N)=S)CC2)C1=O. The third-order valence-corrected chi connectivity index (χ3v) is 4.83. The largest absolute Gasteiger partial charge is 0.393 e. The first-order chi connectivity index (χ1) is 7.94. The molecule has 2 N–H and O–H groups in total. The molecule has 0 aromatic rings. The lowest BCUT2D eigenvalue weighted by molar-refractivity contribution is -0.131. The Hall–Kier alpha value is -0.680. The Labute approximate surface area is 108 Å². The molecule has 2 fully saturated rings. The van der Waals surface area contributed by atoms with Crippen LogP contribution in [0.15, 0.2) is 0 Å². The number of hydrogen-bond acceptors (Lipinski definition) is 3. The minimum Gasteiger partial charge on any atom is -0.393 e. The fourth-order valence-electron chi connectivity index (χ4n) is 2.72. The predicted octanol–water partition coefficient (Wildman–Crippen LogP) is 0.605. The maximum absolute atomic E-state index is 11.9. The van der Waals surface area contributed by atoms with Crippen LogP contribution in [0.4, 0.5) is 0 Å². The summed E-state index contributed by atoms with van der Waals surface area (Å²) < 4.78 is 0. The summed E-state index contributed by atoms with van der Waals surface area (Å²) in [4.78, 5) is 16.7. The van der Waals surface area contributed by atoms with E-state index in [-0.39, 0.29) is 17.4 Å². The summed E-state index contributed by atoms with van der Waals surface area (Å²) in [5, 5.41) is 0. The fourth-order valence-corrected chi connectivity index (χ4v) is 2.92. The lowest BCUT2D eigenvalue weighted by Gasteiger charge is -2.40. The van der Waals surface area contributed by atoms with Gasteiger partial charge in [0.25, 0.3) is 0 Å². The molecule has 0 aliphatic carbocycles. The Morgan fingerprint density at radius 3 is 2.41 bits per heavy atom. The van der Waals surface area contributed by atoms with Crippen LogP contribution in [0, 0.1) is 5.41 Å². The van der Waals surface area contributed by atoms with Crippen LogP contribution in [0.5, 0.6) is 0 Å². The van der Waals surface area contributed by atoms with Gasteiger partial charge in [0.15, 0.2) is 0 Å². The topological polar surface area (TPSA) is 49.6 Å². The number of nitrogens with two attached hydrogens (primary N) is 1. The van der Waals surface area contributed by atoms with Gasteiger partial charge in [-0.25, -0.2) is 0 Å². The van der Waals surface area contributed by atoms with Gasteiger partial charge in [-0.1, -0.05) is 19.1 Å². The molecule has 4 nitrogen and oxygen atoms in total. The number of rotatable bonds is 2. The molecule has 1 atom stereocenters. The first-order valence-corrected chi connectivity index (χ1v) is 6.64. The number of likely N-dealkylation sites (N-methyl/N-ethyl adjacent to an activating group) is 1. The molecule has 96 valence electrons. The average molecular weight is 255 g/mol. The fraction of sp³-hybridized carbons (Fsp3) is 0.833. The highest BCUT2D eigenvalue weighted by Crippen LogP contribution is 2.33. The van der Waals surface area contributed by atoms with Crippen molar-refractivity contribution in [2.45, 2.75) is 32.2 Å². The van der Waals surface area contributed by atoms with Gasteiger partial charge in [-0.15, -0.1) is 0 Å². The molecular weight excluding hydrogens is 234 g/mol. The highest BCUT2D eigenvalue weighted by Gasteiger charge is 2.39. The molecule has 0 radical (unpaired) electrons. The quantitative estimate of drug-likeness (QED) is 0.734. The molecule has 2 saturated heterocycles. The number of piperidine rings is 1. The van der Waals surface area contributed by atoms with Gasteiger partial charge in [0.05, 0.1) is 11.0 Å². The Morgan fingerprint density at radius 1 is 1.41 bits per heavy atom. The van der Waals surface area contributed by atoms with Gasteiger partial charge in [-0.05, 0) is 32.4 Å². The van der Waals surface area contributed by atoms with Crippen molar-refractivity contribution in [2.24, 2.45) is 11.1 Å². The van der Waals surface area contributed by atoms with E-state index < -0.39 is 0 Å². The van der Waals surface area contributed by atoms with Crippen molar-refractivity contribution in [1.29, 1.82) is 0 Å². The van der Waals surface area contributed by atoms with Crippen LogP contribution in [-0.4, -0.2) is 53.4 Å². The number of likely N-dealkylation sites (tertiary alicyclic amines) is 2. The second kappa shape index (κ2) is 4.53. The first kappa shape index (κ1) is 12.8. The van der Waals surface area contributed by atoms with E-state index in [2.05, 4.69) is 11.8 Å². The van der Waals surface area contributed by atoms with Crippen molar-refractivity contribution in [3.8, 4) is 0 Å². The molecule has 17 heavy (non-hydrogen) atoms. The van der Waals surface area contributed by atoms with Crippen LogP contribution < -0.4 is 5.73 Å². The summed E-state index contributed by atoms with van der Waals surface area (Å²) in [6.07, 6.45) is 2.89. The summed E-state index contributed by atoms with van der Waals surface area (Å²) in [5.74, 6) is 0.268. The Morgan fingerprint density at radius 2 is 2.00 bits per heavy atom. The van der Waals surface area contributed by atoms with Gasteiger partial charge in [0, 0.05) is 19.0 Å². The van der Waals surface area contributed by atoms with E-state index in [4.69, 9.17) is 18.0 Å². The molecule has 0 saturated carbocycles. The summed E-state index contributed by atoms with van der Waals surface area (Å²) in [6, 6.07) is 0.0934. The minimum atomic E-state index is -0.0145. The van der Waals surface area contributed by atoms with Crippen molar-refractivity contribution in [3.63, 3.8) is 0 Å². The van der Waals surface area contributed by atoms with E-state index in [1.165, 1.54) is 0 Å². The van der Waals surface area contributed by atoms with Crippen molar-refractivity contribution in [2.75, 3.05) is 26.7 Å².